The highest BCUT2D eigenvalue weighted by atomic mass is 32.2. The molecule has 21 heavy (non-hydrogen) atoms. The third-order valence-corrected chi connectivity index (χ3v) is 4.72. The summed E-state index contributed by atoms with van der Waals surface area (Å²) in [6, 6.07) is 12.7. The van der Waals surface area contributed by atoms with Crippen molar-refractivity contribution in [2.45, 2.75) is 11.8 Å². The lowest BCUT2D eigenvalue weighted by molar-refractivity contribution is 0.602. The second-order valence-corrected chi connectivity index (χ2v) is 6.54. The van der Waals surface area contributed by atoms with E-state index >= 15 is 0 Å². The van der Waals surface area contributed by atoms with Gasteiger partial charge in [-0.25, -0.2) is 8.42 Å². The van der Waals surface area contributed by atoms with Crippen LogP contribution >= 0.6 is 0 Å². The maximum atomic E-state index is 12.6. The number of fused-ring (bicyclic) bond motifs is 1. The van der Waals surface area contributed by atoms with Crippen LogP contribution < -0.4 is 4.72 Å². The van der Waals surface area contributed by atoms with Crippen molar-refractivity contribution < 1.29 is 8.42 Å². The third kappa shape index (κ3) is 2.50. The van der Waals surface area contributed by atoms with Crippen LogP contribution in [0, 0.1) is 6.92 Å². The third-order valence-electron chi connectivity index (χ3n) is 3.30. The van der Waals surface area contributed by atoms with E-state index in [0.717, 1.165) is 5.39 Å². The molecule has 0 bridgehead atoms. The molecular formula is C15H15N3O2S. The fourth-order valence-electron chi connectivity index (χ4n) is 2.33. The second-order valence-electron chi connectivity index (χ2n) is 4.88. The van der Waals surface area contributed by atoms with Crippen LogP contribution in [0.15, 0.2) is 53.6 Å². The summed E-state index contributed by atoms with van der Waals surface area (Å²) >= 11 is 0. The molecule has 1 N–H and O–H groups in total. The standard InChI is InChI=1S/C15H15N3O2S/c1-11-14(10-18(2)16-11)17-21(19,20)15-9-5-7-12-6-3-4-8-13(12)15/h3-10,17H,1-2H3. The molecule has 1 heterocycles. The number of hydrogen-bond acceptors (Lipinski definition) is 3. The Bertz CT molecular complexity index is 908. The van der Waals surface area contributed by atoms with E-state index in [0.29, 0.717) is 16.8 Å². The summed E-state index contributed by atoms with van der Waals surface area (Å²) in [5.41, 5.74) is 1.13. The number of aromatic nitrogens is 2. The van der Waals surface area contributed by atoms with Crippen LogP contribution in [0.5, 0.6) is 0 Å². The number of nitrogens with one attached hydrogen (secondary N) is 1. The van der Waals surface area contributed by atoms with Crippen LogP contribution in [-0.2, 0) is 17.1 Å². The Morgan fingerprint density at radius 2 is 1.81 bits per heavy atom. The van der Waals surface area contributed by atoms with E-state index in [1.165, 1.54) is 0 Å². The molecule has 0 amide bonds. The van der Waals surface area contributed by atoms with E-state index in [1.54, 1.807) is 43.0 Å². The fraction of sp³-hybridized carbons (Fsp3) is 0.133. The zero-order valence-corrected chi connectivity index (χ0v) is 12.6. The van der Waals surface area contributed by atoms with E-state index in [9.17, 15) is 8.42 Å². The van der Waals surface area contributed by atoms with Gasteiger partial charge in [0.1, 0.15) is 0 Å². The van der Waals surface area contributed by atoms with Crippen LogP contribution in [0.1, 0.15) is 5.69 Å². The lowest BCUT2D eigenvalue weighted by Gasteiger charge is -2.09. The molecule has 2 aromatic carbocycles. The van der Waals surface area contributed by atoms with E-state index in [1.807, 2.05) is 24.3 Å². The minimum Gasteiger partial charge on any atom is -0.276 e. The molecule has 0 saturated heterocycles. The number of benzene rings is 2. The Hall–Kier alpha value is -2.34. The lowest BCUT2D eigenvalue weighted by atomic mass is 10.1. The molecule has 0 atom stereocenters. The van der Waals surface area contributed by atoms with Gasteiger partial charge >= 0.3 is 0 Å². The molecule has 0 spiro atoms. The Morgan fingerprint density at radius 1 is 1.10 bits per heavy atom. The van der Waals surface area contributed by atoms with Crippen molar-refractivity contribution in [2.24, 2.45) is 7.05 Å². The first-order chi connectivity index (χ1) is 9.97. The molecule has 5 nitrogen and oxygen atoms in total. The molecule has 0 fully saturated rings. The first-order valence-electron chi connectivity index (χ1n) is 6.48. The topological polar surface area (TPSA) is 64.0 Å². The van der Waals surface area contributed by atoms with Gasteiger partial charge in [0.2, 0.25) is 0 Å². The van der Waals surface area contributed by atoms with Gasteiger partial charge in [-0.05, 0) is 18.4 Å². The van der Waals surface area contributed by atoms with Crippen LogP contribution in [0.25, 0.3) is 10.8 Å². The van der Waals surface area contributed by atoms with Crippen molar-refractivity contribution in [1.29, 1.82) is 0 Å². The molecule has 3 rings (SSSR count). The number of aryl methyl sites for hydroxylation is 2. The Morgan fingerprint density at radius 3 is 2.52 bits per heavy atom. The molecule has 3 aromatic rings. The smallest absolute Gasteiger partial charge is 0.262 e. The van der Waals surface area contributed by atoms with Gasteiger partial charge in [0, 0.05) is 18.6 Å². The normalized spacial score (nSPS) is 11.7. The summed E-state index contributed by atoms with van der Waals surface area (Å²) in [5.74, 6) is 0. The maximum absolute atomic E-state index is 12.6. The monoisotopic (exact) mass is 301 g/mol. The molecule has 0 aliphatic rings. The first kappa shape index (κ1) is 13.6. The summed E-state index contributed by atoms with van der Waals surface area (Å²) < 4.78 is 29.4. The zero-order chi connectivity index (χ0) is 15.0. The van der Waals surface area contributed by atoms with Crippen LogP contribution in [0.4, 0.5) is 5.69 Å². The predicted molar refractivity (Wildman–Crippen MR) is 82.7 cm³/mol. The Balaban J connectivity index is 2.11. The molecule has 0 aliphatic heterocycles. The van der Waals surface area contributed by atoms with E-state index in [-0.39, 0.29) is 4.90 Å². The molecule has 1 aromatic heterocycles. The Labute approximate surface area is 123 Å². The molecule has 0 radical (unpaired) electrons. The number of sulfonamides is 1. The molecule has 0 aliphatic carbocycles. The summed E-state index contributed by atoms with van der Waals surface area (Å²) in [7, 11) is -1.90. The molecule has 6 heteroatoms. The van der Waals surface area contributed by atoms with Crippen molar-refractivity contribution in [3.05, 3.63) is 54.4 Å². The number of anilines is 1. The van der Waals surface area contributed by atoms with Gasteiger partial charge in [-0.15, -0.1) is 0 Å². The SMILES string of the molecule is Cc1nn(C)cc1NS(=O)(=O)c1cccc2ccccc12. The van der Waals surface area contributed by atoms with E-state index in [4.69, 9.17) is 0 Å². The van der Waals surface area contributed by atoms with Gasteiger partial charge < -0.3 is 0 Å². The van der Waals surface area contributed by atoms with Gasteiger partial charge in [-0.3, -0.25) is 9.40 Å². The number of hydrogen-bond donors (Lipinski definition) is 1. The molecular weight excluding hydrogens is 286 g/mol. The quantitative estimate of drug-likeness (QED) is 0.809. The summed E-state index contributed by atoms with van der Waals surface area (Å²) in [6.45, 7) is 1.76. The van der Waals surface area contributed by atoms with Crippen molar-refractivity contribution in [3.63, 3.8) is 0 Å². The van der Waals surface area contributed by atoms with Crippen molar-refractivity contribution >= 4 is 26.5 Å². The summed E-state index contributed by atoms with van der Waals surface area (Å²) in [6.07, 6.45) is 1.65. The van der Waals surface area contributed by atoms with Crippen LogP contribution in [0.2, 0.25) is 0 Å². The minimum atomic E-state index is -3.65. The fourth-order valence-corrected chi connectivity index (χ4v) is 3.66. The number of nitrogens with zero attached hydrogens (tertiary/aromatic N) is 2. The second kappa shape index (κ2) is 4.89. The minimum absolute atomic E-state index is 0.267. The van der Waals surface area contributed by atoms with Gasteiger partial charge in [-0.1, -0.05) is 36.4 Å². The molecule has 108 valence electrons. The van der Waals surface area contributed by atoms with E-state index in [2.05, 4.69) is 9.82 Å². The average Bonchev–Trinajstić information content (AvgIpc) is 2.75. The lowest BCUT2D eigenvalue weighted by Crippen LogP contribution is -2.13. The van der Waals surface area contributed by atoms with Gasteiger partial charge in [0.25, 0.3) is 10.0 Å². The van der Waals surface area contributed by atoms with Gasteiger partial charge in [-0.2, -0.15) is 5.10 Å². The highest BCUT2D eigenvalue weighted by Crippen LogP contribution is 2.25. The average molecular weight is 301 g/mol. The van der Waals surface area contributed by atoms with Crippen LogP contribution in [-0.4, -0.2) is 18.2 Å². The summed E-state index contributed by atoms with van der Waals surface area (Å²) in [4.78, 5) is 0.267. The van der Waals surface area contributed by atoms with E-state index < -0.39 is 10.0 Å². The predicted octanol–water partition coefficient (Wildman–Crippen LogP) is 2.68. The molecule has 0 unspecified atom stereocenters. The van der Waals surface area contributed by atoms with Crippen molar-refractivity contribution in [1.82, 2.24) is 9.78 Å². The number of rotatable bonds is 3. The largest absolute Gasteiger partial charge is 0.276 e. The first-order valence-corrected chi connectivity index (χ1v) is 7.96. The van der Waals surface area contributed by atoms with Crippen molar-refractivity contribution in [3.8, 4) is 0 Å². The highest BCUT2D eigenvalue weighted by molar-refractivity contribution is 7.93. The summed E-state index contributed by atoms with van der Waals surface area (Å²) in [5, 5.41) is 5.74. The van der Waals surface area contributed by atoms with Crippen molar-refractivity contribution in [2.75, 3.05) is 4.72 Å². The molecule has 0 saturated carbocycles. The maximum Gasteiger partial charge on any atom is 0.262 e. The van der Waals surface area contributed by atoms with Crippen LogP contribution in [0.3, 0.4) is 0 Å². The highest BCUT2D eigenvalue weighted by Gasteiger charge is 2.19. The Kier molecular flexibility index (Phi) is 3.17. The zero-order valence-electron chi connectivity index (χ0n) is 11.7. The van der Waals surface area contributed by atoms with Gasteiger partial charge in [0.05, 0.1) is 16.3 Å². The van der Waals surface area contributed by atoms with Gasteiger partial charge in [0.15, 0.2) is 0 Å².